The van der Waals surface area contributed by atoms with Gasteiger partial charge in [-0.2, -0.15) is 0 Å². The van der Waals surface area contributed by atoms with Crippen molar-refractivity contribution in [3.63, 3.8) is 0 Å². The third-order valence-electron chi connectivity index (χ3n) is 7.63. The van der Waals surface area contributed by atoms with Crippen molar-refractivity contribution in [2.75, 3.05) is 39.3 Å². The molecule has 0 unspecified atom stereocenters. The summed E-state index contributed by atoms with van der Waals surface area (Å²) in [7, 11) is 0. The quantitative estimate of drug-likeness (QED) is 0.101. The number of rotatable bonds is 24. The average molecular weight is 453 g/mol. The van der Waals surface area contributed by atoms with E-state index in [-0.39, 0.29) is 0 Å². The lowest BCUT2D eigenvalue weighted by Crippen LogP contribution is -2.66. The van der Waals surface area contributed by atoms with Crippen LogP contribution in [0, 0.1) is 13.1 Å². The van der Waals surface area contributed by atoms with Crippen LogP contribution in [0.3, 0.4) is 0 Å². The molecule has 2 radical (unpaired) electrons. The second kappa shape index (κ2) is 20.3. The van der Waals surface area contributed by atoms with E-state index in [0.717, 1.165) is 6.42 Å². The summed E-state index contributed by atoms with van der Waals surface area (Å²) in [4.78, 5) is 0. The Morgan fingerprint density at radius 3 is 0.938 bits per heavy atom. The van der Waals surface area contributed by atoms with Crippen LogP contribution in [0.5, 0.6) is 0 Å². The average Bonchev–Trinajstić information content (AvgIpc) is 2.82. The second-order valence-electron chi connectivity index (χ2n) is 10.5. The summed E-state index contributed by atoms with van der Waals surface area (Å²) in [6.07, 6.45) is 23.2. The van der Waals surface area contributed by atoms with Crippen LogP contribution in [-0.2, 0) is 0 Å². The molecule has 0 heterocycles. The molecule has 0 N–H and O–H groups in total. The van der Waals surface area contributed by atoms with Gasteiger partial charge in [-0.25, -0.2) is 0 Å². The zero-order valence-corrected chi connectivity index (χ0v) is 23.7. The minimum absolute atomic E-state index is 1.09. The van der Waals surface area contributed by atoms with E-state index in [9.17, 15) is 0 Å². The lowest BCUT2D eigenvalue weighted by molar-refractivity contribution is -1.08. The fourth-order valence-corrected chi connectivity index (χ4v) is 5.59. The first-order valence-corrected chi connectivity index (χ1v) is 14.9. The van der Waals surface area contributed by atoms with Crippen LogP contribution in [0.4, 0.5) is 0 Å². The molecule has 0 amide bonds. The van der Waals surface area contributed by atoms with Crippen molar-refractivity contribution in [2.45, 2.75) is 144 Å². The van der Waals surface area contributed by atoms with Gasteiger partial charge in [-0.1, -0.05) is 99.8 Å². The molecule has 0 spiro atoms. The summed E-state index contributed by atoms with van der Waals surface area (Å²) in [6.45, 7) is 26.8. The van der Waals surface area contributed by atoms with E-state index in [4.69, 9.17) is 0 Å². The lowest BCUT2D eigenvalue weighted by atomic mass is 10.00. The summed E-state index contributed by atoms with van der Waals surface area (Å²) in [5, 5.41) is 0. The standard InChI is InChI=1S/C30H64N2/c1-8-15-22-23-30(31(24-16-9-2,25-17-10-3)26-18-11-4)32(27-19-12-5,28-20-13-6)29-21-14-7/h1,8-29H2,2-7H3/q+2. The van der Waals surface area contributed by atoms with Gasteiger partial charge in [-0.15, -0.1) is 0 Å². The van der Waals surface area contributed by atoms with Crippen LogP contribution in [0.2, 0.25) is 0 Å². The predicted octanol–water partition coefficient (Wildman–Crippen LogP) is 9.30. The van der Waals surface area contributed by atoms with Gasteiger partial charge in [0.15, 0.2) is 0 Å². The molecule has 0 saturated carbocycles. The Morgan fingerprint density at radius 1 is 0.438 bits per heavy atom. The minimum atomic E-state index is 1.09. The van der Waals surface area contributed by atoms with Crippen molar-refractivity contribution in [1.82, 2.24) is 0 Å². The number of quaternary nitrogens is 2. The molecular formula is C30H64N2+2. The third-order valence-corrected chi connectivity index (χ3v) is 7.63. The maximum Gasteiger partial charge on any atom is 0.335 e. The second-order valence-corrected chi connectivity index (χ2v) is 10.5. The van der Waals surface area contributed by atoms with Gasteiger partial charge in [0.1, 0.15) is 0 Å². The van der Waals surface area contributed by atoms with Crippen LogP contribution in [0.1, 0.15) is 144 Å². The molecule has 0 bridgehead atoms. The first-order chi connectivity index (χ1) is 15.6. The van der Waals surface area contributed by atoms with Gasteiger partial charge in [0, 0.05) is 0 Å². The molecule has 0 atom stereocenters. The maximum absolute atomic E-state index is 4.19. The predicted molar refractivity (Wildman–Crippen MR) is 146 cm³/mol. The van der Waals surface area contributed by atoms with Crippen LogP contribution in [0.15, 0.2) is 0 Å². The topological polar surface area (TPSA) is 0 Å². The SMILES string of the molecule is [CH2]CCCC[C]([N+](CCCC)(CCCC)CCCC)[N+](CCCC)(CCCC)CCCC. The van der Waals surface area contributed by atoms with Crippen molar-refractivity contribution in [3.05, 3.63) is 13.1 Å². The van der Waals surface area contributed by atoms with Gasteiger partial charge in [-0.3, -0.25) is 8.97 Å². The normalized spacial score (nSPS) is 12.8. The van der Waals surface area contributed by atoms with E-state index >= 15 is 0 Å². The number of hydrogen-bond donors (Lipinski definition) is 0. The van der Waals surface area contributed by atoms with E-state index in [1.54, 1.807) is 0 Å². The summed E-state index contributed by atoms with van der Waals surface area (Å²) >= 11 is 0. The monoisotopic (exact) mass is 453 g/mol. The molecule has 2 nitrogen and oxygen atoms in total. The molecule has 192 valence electrons. The Bertz CT molecular complexity index is 317. The van der Waals surface area contributed by atoms with Gasteiger partial charge in [0.25, 0.3) is 0 Å². The highest BCUT2D eigenvalue weighted by Crippen LogP contribution is 2.39. The molecule has 0 aliphatic heterocycles. The van der Waals surface area contributed by atoms with E-state index in [0.29, 0.717) is 0 Å². The van der Waals surface area contributed by atoms with E-state index < -0.39 is 0 Å². The molecule has 0 aromatic rings. The molecule has 2 heteroatoms. The molecular weight excluding hydrogens is 388 g/mol. The Kier molecular flexibility index (Phi) is 20.3. The first kappa shape index (κ1) is 31.9. The fourth-order valence-electron chi connectivity index (χ4n) is 5.59. The van der Waals surface area contributed by atoms with Gasteiger partial charge in [0.05, 0.1) is 45.7 Å². The minimum Gasteiger partial charge on any atom is -0.261 e. The highest BCUT2D eigenvalue weighted by molar-refractivity contribution is 4.75. The smallest absolute Gasteiger partial charge is 0.261 e. The van der Waals surface area contributed by atoms with Gasteiger partial charge >= 0.3 is 6.17 Å². The van der Waals surface area contributed by atoms with Crippen LogP contribution in [-0.4, -0.2) is 48.2 Å². The van der Waals surface area contributed by atoms with Crippen LogP contribution >= 0.6 is 0 Å². The molecule has 0 fully saturated rings. The van der Waals surface area contributed by atoms with Gasteiger partial charge < -0.3 is 0 Å². The Labute approximate surface area is 205 Å². The summed E-state index contributed by atoms with van der Waals surface area (Å²) in [5.74, 6) is 0. The number of nitrogens with zero attached hydrogens (tertiary/aromatic N) is 2. The highest BCUT2D eigenvalue weighted by atomic mass is 15.6. The zero-order chi connectivity index (χ0) is 24.1. The van der Waals surface area contributed by atoms with Gasteiger partial charge in [-0.05, 0) is 44.9 Å². The van der Waals surface area contributed by atoms with Crippen molar-refractivity contribution in [1.29, 1.82) is 0 Å². The molecule has 0 rings (SSSR count). The molecule has 0 aliphatic carbocycles. The van der Waals surface area contributed by atoms with Crippen LogP contribution in [0.25, 0.3) is 0 Å². The van der Waals surface area contributed by atoms with Crippen molar-refractivity contribution < 1.29 is 8.97 Å². The van der Waals surface area contributed by atoms with E-state index in [1.165, 1.54) is 145 Å². The number of hydrogen-bond acceptors (Lipinski definition) is 0. The third kappa shape index (κ3) is 11.4. The van der Waals surface area contributed by atoms with Crippen LogP contribution < -0.4 is 0 Å². The van der Waals surface area contributed by atoms with Crippen molar-refractivity contribution in [2.24, 2.45) is 0 Å². The Morgan fingerprint density at radius 2 is 0.719 bits per heavy atom. The summed E-state index contributed by atoms with van der Waals surface area (Å²) in [5.41, 5.74) is 0. The molecule has 0 aromatic carbocycles. The maximum atomic E-state index is 4.19. The highest BCUT2D eigenvalue weighted by Gasteiger charge is 2.52. The summed E-state index contributed by atoms with van der Waals surface area (Å²) in [6, 6.07) is 0. The Balaban J connectivity index is 6.50. The van der Waals surface area contributed by atoms with Crippen molar-refractivity contribution in [3.8, 4) is 0 Å². The lowest BCUT2D eigenvalue weighted by Gasteiger charge is -2.52. The summed E-state index contributed by atoms with van der Waals surface area (Å²) < 4.78 is 2.67. The Hall–Kier alpha value is -0.0800. The molecule has 0 aliphatic rings. The van der Waals surface area contributed by atoms with Gasteiger partial charge in [0.2, 0.25) is 0 Å². The molecule has 0 saturated heterocycles. The molecule has 0 aromatic heterocycles. The zero-order valence-electron chi connectivity index (χ0n) is 23.7. The number of unbranched alkanes of at least 4 members (excludes halogenated alkanes) is 8. The fraction of sp³-hybridized carbons (Fsp3) is 0.933. The molecule has 32 heavy (non-hydrogen) atoms. The first-order valence-electron chi connectivity index (χ1n) is 14.9. The van der Waals surface area contributed by atoms with E-state index in [2.05, 4.69) is 48.5 Å². The largest absolute Gasteiger partial charge is 0.335 e. The van der Waals surface area contributed by atoms with E-state index in [1.807, 2.05) is 6.17 Å². The van der Waals surface area contributed by atoms with Crippen molar-refractivity contribution >= 4 is 0 Å².